The summed E-state index contributed by atoms with van der Waals surface area (Å²) in [6.07, 6.45) is -1.88. The lowest BCUT2D eigenvalue weighted by molar-refractivity contribution is -0.135. The van der Waals surface area contributed by atoms with E-state index >= 15 is 0 Å². The van der Waals surface area contributed by atoms with Crippen LogP contribution in [-0.2, 0) is 4.79 Å². The van der Waals surface area contributed by atoms with Gasteiger partial charge in [-0.1, -0.05) is 54.6 Å². The number of amides is 2. The van der Waals surface area contributed by atoms with Crippen LogP contribution in [0.3, 0.4) is 0 Å². The topological polar surface area (TPSA) is 123 Å². The fourth-order valence-corrected chi connectivity index (χ4v) is 2.98. The maximum absolute atomic E-state index is 12.3. The molecule has 0 aliphatic carbocycles. The average Bonchev–Trinajstić information content (AvgIpc) is 2.87. The Kier molecular flexibility index (Phi) is 9.21. The number of ether oxygens (including phenoxy) is 3. The lowest BCUT2D eigenvalue weighted by Gasteiger charge is -2.28. The van der Waals surface area contributed by atoms with Crippen molar-refractivity contribution in [3.8, 4) is 17.2 Å². The van der Waals surface area contributed by atoms with Gasteiger partial charge >= 0.3 is 18.2 Å². The van der Waals surface area contributed by atoms with Crippen LogP contribution in [0, 0.1) is 0 Å². The van der Waals surface area contributed by atoms with Gasteiger partial charge in [-0.25, -0.2) is 9.59 Å². The third-order valence-corrected chi connectivity index (χ3v) is 4.80. The SMILES string of the molecule is O=C(CCC(O)(CNC(=O)Oc1ccccc1)CNC(=O)Oc1ccccc1)Oc1ccccc1. The number of rotatable bonds is 10. The summed E-state index contributed by atoms with van der Waals surface area (Å²) in [6.45, 7) is -0.605. The van der Waals surface area contributed by atoms with E-state index in [0.29, 0.717) is 17.2 Å². The van der Waals surface area contributed by atoms with Crippen molar-refractivity contribution < 1.29 is 33.7 Å². The summed E-state index contributed by atoms with van der Waals surface area (Å²) in [6, 6.07) is 25.3. The number of para-hydroxylation sites is 3. The van der Waals surface area contributed by atoms with E-state index in [2.05, 4.69) is 10.6 Å². The third-order valence-electron chi connectivity index (χ3n) is 4.80. The van der Waals surface area contributed by atoms with Crippen molar-refractivity contribution >= 4 is 18.2 Å². The van der Waals surface area contributed by atoms with Gasteiger partial charge < -0.3 is 30.0 Å². The first kappa shape index (κ1) is 25.3. The van der Waals surface area contributed by atoms with Crippen LogP contribution in [0.25, 0.3) is 0 Å². The molecule has 9 heteroatoms. The zero-order valence-electron chi connectivity index (χ0n) is 18.9. The van der Waals surface area contributed by atoms with Gasteiger partial charge in [-0.15, -0.1) is 0 Å². The molecular formula is C26H26N2O7. The van der Waals surface area contributed by atoms with Crippen LogP contribution >= 0.6 is 0 Å². The maximum atomic E-state index is 12.3. The van der Waals surface area contributed by atoms with Crippen LogP contribution in [0.5, 0.6) is 17.2 Å². The number of hydrogen-bond acceptors (Lipinski definition) is 7. The Morgan fingerprint density at radius 2 is 1.00 bits per heavy atom. The van der Waals surface area contributed by atoms with E-state index in [1.54, 1.807) is 91.0 Å². The minimum Gasteiger partial charge on any atom is -0.427 e. The van der Waals surface area contributed by atoms with Gasteiger partial charge in [0.2, 0.25) is 0 Å². The quantitative estimate of drug-likeness (QED) is 0.300. The van der Waals surface area contributed by atoms with E-state index in [-0.39, 0.29) is 25.9 Å². The Labute approximate surface area is 202 Å². The second-order valence-electron chi connectivity index (χ2n) is 7.62. The Morgan fingerprint density at radius 1 is 0.629 bits per heavy atom. The molecule has 0 aliphatic heterocycles. The maximum Gasteiger partial charge on any atom is 0.412 e. The van der Waals surface area contributed by atoms with Crippen molar-refractivity contribution in [1.29, 1.82) is 0 Å². The Balaban J connectivity index is 1.57. The molecule has 9 nitrogen and oxygen atoms in total. The highest BCUT2D eigenvalue weighted by molar-refractivity contribution is 5.73. The largest absolute Gasteiger partial charge is 0.427 e. The number of nitrogens with one attached hydrogen (secondary N) is 2. The van der Waals surface area contributed by atoms with E-state index in [1.807, 2.05) is 0 Å². The van der Waals surface area contributed by atoms with Gasteiger partial charge in [-0.05, 0) is 42.8 Å². The van der Waals surface area contributed by atoms with Gasteiger partial charge in [0.25, 0.3) is 0 Å². The van der Waals surface area contributed by atoms with E-state index in [4.69, 9.17) is 14.2 Å². The van der Waals surface area contributed by atoms with E-state index in [9.17, 15) is 19.5 Å². The molecule has 0 atom stereocenters. The molecule has 3 aromatic rings. The van der Waals surface area contributed by atoms with E-state index < -0.39 is 23.8 Å². The summed E-state index contributed by atoms with van der Waals surface area (Å²) in [5.41, 5.74) is -1.69. The molecule has 0 aromatic heterocycles. The molecule has 0 saturated carbocycles. The molecule has 2 amide bonds. The molecule has 0 unspecified atom stereocenters. The molecule has 182 valence electrons. The second kappa shape index (κ2) is 12.8. The van der Waals surface area contributed by atoms with Crippen LogP contribution in [-0.4, -0.2) is 42.0 Å². The summed E-state index contributed by atoms with van der Waals surface area (Å²) < 4.78 is 15.6. The predicted octanol–water partition coefficient (Wildman–Crippen LogP) is 3.68. The molecule has 3 aromatic carbocycles. The molecular weight excluding hydrogens is 452 g/mol. The van der Waals surface area contributed by atoms with Crippen molar-refractivity contribution in [3.05, 3.63) is 91.0 Å². The van der Waals surface area contributed by atoms with Crippen LogP contribution < -0.4 is 24.8 Å². The number of hydrogen-bond donors (Lipinski definition) is 3. The lowest BCUT2D eigenvalue weighted by atomic mass is 9.97. The minimum atomic E-state index is -1.69. The molecule has 0 saturated heterocycles. The predicted molar refractivity (Wildman–Crippen MR) is 127 cm³/mol. The van der Waals surface area contributed by atoms with Crippen molar-refractivity contribution in [1.82, 2.24) is 10.6 Å². The first-order valence-corrected chi connectivity index (χ1v) is 10.9. The molecule has 0 bridgehead atoms. The van der Waals surface area contributed by atoms with Crippen LogP contribution in [0.4, 0.5) is 9.59 Å². The Morgan fingerprint density at radius 3 is 1.40 bits per heavy atom. The smallest absolute Gasteiger partial charge is 0.412 e. The monoisotopic (exact) mass is 478 g/mol. The molecule has 0 spiro atoms. The molecule has 0 radical (unpaired) electrons. The van der Waals surface area contributed by atoms with E-state index in [0.717, 1.165) is 0 Å². The summed E-state index contributed by atoms with van der Waals surface area (Å²) in [4.78, 5) is 36.6. The van der Waals surface area contributed by atoms with Gasteiger partial charge in [-0.3, -0.25) is 4.79 Å². The molecule has 0 fully saturated rings. The Bertz CT molecular complexity index is 953. The zero-order chi connectivity index (χ0) is 24.9. The normalized spacial score (nSPS) is 10.7. The molecule has 0 aliphatic rings. The van der Waals surface area contributed by atoms with Crippen molar-refractivity contribution in [2.75, 3.05) is 13.1 Å². The standard InChI is InChI=1S/C26H26N2O7/c29-23(33-20-10-4-1-5-11-20)16-17-26(32,18-27-24(30)34-21-12-6-2-7-13-21)19-28-25(31)35-22-14-8-3-9-15-22/h1-15,32H,16-19H2,(H,27,30)(H,28,31). The van der Waals surface area contributed by atoms with Gasteiger partial charge in [0, 0.05) is 6.42 Å². The molecule has 35 heavy (non-hydrogen) atoms. The second-order valence-corrected chi connectivity index (χ2v) is 7.62. The highest BCUT2D eigenvalue weighted by atomic mass is 16.6. The number of carbonyl (C=O) groups is 3. The Hall–Kier alpha value is -4.37. The van der Waals surface area contributed by atoms with Crippen molar-refractivity contribution in [3.63, 3.8) is 0 Å². The van der Waals surface area contributed by atoms with Gasteiger partial charge in [-0.2, -0.15) is 0 Å². The fraction of sp³-hybridized carbons (Fsp3) is 0.192. The van der Waals surface area contributed by atoms with Crippen molar-refractivity contribution in [2.24, 2.45) is 0 Å². The first-order chi connectivity index (χ1) is 16.9. The van der Waals surface area contributed by atoms with Crippen LogP contribution in [0.2, 0.25) is 0 Å². The summed E-state index contributed by atoms with van der Waals surface area (Å²) in [7, 11) is 0. The number of esters is 1. The summed E-state index contributed by atoms with van der Waals surface area (Å²) in [5, 5.41) is 16.0. The number of carbonyl (C=O) groups excluding carboxylic acids is 3. The fourth-order valence-electron chi connectivity index (χ4n) is 2.98. The first-order valence-electron chi connectivity index (χ1n) is 10.9. The average molecular weight is 479 g/mol. The number of aliphatic hydroxyl groups is 1. The molecule has 3 rings (SSSR count). The van der Waals surface area contributed by atoms with Crippen LogP contribution in [0.15, 0.2) is 91.0 Å². The highest BCUT2D eigenvalue weighted by Gasteiger charge is 2.30. The summed E-state index contributed by atoms with van der Waals surface area (Å²) >= 11 is 0. The minimum absolute atomic E-state index is 0.115. The van der Waals surface area contributed by atoms with E-state index in [1.165, 1.54) is 0 Å². The number of benzene rings is 3. The zero-order valence-corrected chi connectivity index (χ0v) is 18.9. The highest BCUT2D eigenvalue weighted by Crippen LogP contribution is 2.16. The molecule has 3 N–H and O–H groups in total. The molecule has 0 heterocycles. The lowest BCUT2D eigenvalue weighted by Crippen LogP contribution is -2.52. The summed E-state index contributed by atoms with van der Waals surface area (Å²) in [5.74, 6) is 0.442. The van der Waals surface area contributed by atoms with Crippen molar-refractivity contribution in [2.45, 2.75) is 18.4 Å². The third kappa shape index (κ3) is 9.18. The van der Waals surface area contributed by atoms with Gasteiger partial charge in [0.15, 0.2) is 0 Å². The van der Waals surface area contributed by atoms with Gasteiger partial charge in [0.1, 0.15) is 22.8 Å². The van der Waals surface area contributed by atoms with Crippen LogP contribution in [0.1, 0.15) is 12.8 Å². The van der Waals surface area contributed by atoms with Gasteiger partial charge in [0.05, 0.1) is 13.1 Å².